The molecule has 0 aliphatic rings. The van der Waals surface area contributed by atoms with E-state index >= 15 is 0 Å². The van der Waals surface area contributed by atoms with Crippen molar-refractivity contribution in [2.45, 2.75) is 13.5 Å². The lowest BCUT2D eigenvalue weighted by atomic mass is 10.3. The third kappa shape index (κ3) is 2.62. The van der Waals surface area contributed by atoms with Crippen molar-refractivity contribution in [1.82, 2.24) is 19.3 Å². The summed E-state index contributed by atoms with van der Waals surface area (Å²) < 4.78 is 3.19. The van der Waals surface area contributed by atoms with Crippen LogP contribution >= 0.6 is 11.3 Å². The van der Waals surface area contributed by atoms with E-state index in [1.54, 1.807) is 41.3 Å². The van der Waals surface area contributed by atoms with E-state index in [-0.39, 0.29) is 11.5 Å². The van der Waals surface area contributed by atoms with Gasteiger partial charge in [-0.05, 0) is 36.1 Å². The van der Waals surface area contributed by atoms with E-state index in [2.05, 4.69) is 10.3 Å². The van der Waals surface area contributed by atoms with E-state index in [9.17, 15) is 9.59 Å². The van der Waals surface area contributed by atoms with Crippen molar-refractivity contribution < 1.29 is 4.79 Å². The van der Waals surface area contributed by atoms with E-state index in [4.69, 9.17) is 0 Å². The Morgan fingerprint density at radius 1 is 1.32 bits per heavy atom. The number of fused-ring (bicyclic) bond motifs is 2. The molecule has 0 aliphatic carbocycles. The fourth-order valence-corrected chi connectivity index (χ4v) is 3.51. The van der Waals surface area contributed by atoms with Gasteiger partial charge in [0.05, 0.1) is 11.9 Å². The molecule has 4 rings (SSSR count). The number of carbonyl (C=O) groups excluding carboxylic acids is 1. The Morgan fingerprint density at radius 2 is 2.16 bits per heavy atom. The molecule has 0 atom stereocenters. The molecule has 1 N–H and O–H groups in total. The third-order valence-electron chi connectivity index (χ3n) is 4.18. The minimum absolute atomic E-state index is 0.170. The second-order valence-electron chi connectivity index (χ2n) is 5.94. The zero-order valence-electron chi connectivity index (χ0n) is 13.8. The summed E-state index contributed by atoms with van der Waals surface area (Å²) >= 11 is 1.59. The fraction of sp³-hybridized carbons (Fsp3) is 0.167. The lowest BCUT2D eigenvalue weighted by Gasteiger charge is -2.05. The van der Waals surface area contributed by atoms with Gasteiger partial charge in [-0.1, -0.05) is 12.1 Å². The molecule has 0 saturated carbocycles. The molecule has 4 aromatic rings. The number of hydrogen-bond donors (Lipinski definition) is 1. The van der Waals surface area contributed by atoms with Gasteiger partial charge in [-0.2, -0.15) is 0 Å². The van der Waals surface area contributed by atoms with Crippen LogP contribution in [0.5, 0.6) is 0 Å². The summed E-state index contributed by atoms with van der Waals surface area (Å²) in [5.41, 5.74) is 2.30. The highest BCUT2D eigenvalue weighted by Crippen LogP contribution is 2.16. The number of rotatable bonds is 3. The standard InChI is InChI=1S/C18H16N4O2S/c1-11-5-6-15-20-16-13(18(24)22(15)10-11)8-14(21(16)2)17(23)19-9-12-4-3-7-25-12/h3-8,10H,9H2,1-2H3,(H,19,23). The van der Waals surface area contributed by atoms with Gasteiger partial charge in [0.25, 0.3) is 11.5 Å². The highest BCUT2D eigenvalue weighted by atomic mass is 32.1. The van der Waals surface area contributed by atoms with Crippen LogP contribution in [0.2, 0.25) is 0 Å². The summed E-state index contributed by atoms with van der Waals surface area (Å²) in [7, 11) is 1.75. The molecule has 0 aliphatic heterocycles. The first-order chi connectivity index (χ1) is 12.0. The van der Waals surface area contributed by atoms with E-state index in [0.29, 0.717) is 28.9 Å². The van der Waals surface area contributed by atoms with Crippen LogP contribution < -0.4 is 10.9 Å². The van der Waals surface area contributed by atoms with Crippen LogP contribution in [0, 0.1) is 6.92 Å². The molecule has 4 heterocycles. The minimum Gasteiger partial charge on any atom is -0.346 e. The normalized spacial score (nSPS) is 11.3. The number of hydrogen-bond acceptors (Lipinski definition) is 4. The van der Waals surface area contributed by atoms with Crippen LogP contribution in [0.3, 0.4) is 0 Å². The number of pyridine rings is 1. The maximum absolute atomic E-state index is 12.8. The van der Waals surface area contributed by atoms with Gasteiger partial charge >= 0.3 is 0 Å². The highest BCUT2D eigenvalue weighted by Gasteiger charge is 2.17. The summed E-state index contributed by atoms with van der Waals surface area (Å²) in [6, 6.07) is 9.24. The van der Waals surface area contributed by atoms with Crippen molar-refractivity contribution >= 4 is 33.9 Å². The largest absolute Gasteiger partial charge is 0.346 e. The average Bonchev–Trinajstić information content (AvgIpc) is 3.22. The molecule has 6 nitrogen and oxygen atoms in total. The number of aryl methyl sites for hydroxylation is 2. The van der Waals surface area contributed by atoms with Crippen LogP contribution in [-0.2, 0) is 13.6 Å². The summed E-state index contributed by atoms with van der Waals surface area (Å²) in [6.07, 6.45) is 1.76. The Balaban J connectivity index is 1.78. The second-order valence-corrected chi connectivity index (χ2v) is 6.97. The maximum atomic E-state index is 12.8. The van der Waals surface area contributed by atoms with Crippen molar-refractivity contribution in [3.05, 3.63) is 68.4 Å². The van der Waals surface area contributed by atoms with Crippen LogP contribution in [0.15, 0.2) is 46.7 Å². The SMILES string of the molecule is Cc1ccc2nc3c(cc(C(=O)NCc4cccs4)n3C)c(=O)n2c1. The lowest BCUT2D eigenvalue weighted by Crippen LogP contribution is -2.24. The number of nitrogens with one attached hydrogen (secondary N) is 1. The molecular weight excluding hydrogens is 336 g/mol. The van der Waals surface area contributed by atoms with Gasteiger partial charge < -0.3 is 9.88 Å². The zero-order chi connectivity index (χ0) is 17.6. The van der Waals surface area contributed by atoms with Crippen LogP contribution in [0.25, 0.3) is 16.7 Å². The zero-order valence-corrected chi connectivity index (χ0v) is 14.6. The van der Waals surface area contributed by atoms with E-state index in [1.165, 1.54) is 4.40 Å². The summed E-state index contributed by atoms with van der Waals surface area (Å²) in [5.74, 6) is -0.224. The number of aromatic nitrogens is 3. The van der Waals surface area contributed by atoms with Crippen molar-refractivity contribution in [3.63, 3.8) is 0 Å². The van der Waals surface area contributed by atoms with Gasteiger partial charge in [0.15, 0.2) is 0 Å². The molecule has 25 heavy (non-hydrogen) atoms. The Bertz CT molecular complexity index is 1160. The Morgan fingerprint density at radius 3 is 2.92 bits per heavy atom. The highest BCUT2D eigenvalue weighted by molar-refractivity contribution is 7.09. The molecule has 0 fully saturated rings. The number of nitrogens with zero attached hydrogens (tertiary/aromatic N) is 3. The number of thiophene rings is 1. The fourth-order valence-electron chi connectivity index (χ4n) is 2.87. The molecule has 7 heteroatoms. The third-order valence-corrected chi connectivity index (χ3v) is 5.06. The number of amides is 1. The van der Waals surface area contributed by atoms with Gasteiger partial charge in [0, 0.05) is 18.1 Å². The van der Waals surface area contributed by atoms with Gasteiger partial charge in [0.2, 0.25) is 0 Å². The monoisotopic (exact) mass is 352 g/mol. The van der Waals surface area contributed by atoms with Crippen molar-refractivity contribution in [2.24, 2.45) is 7.05 Å². The predicted octanol–water partition coefficient (Wildman–Crippen LogP) is 2.49. The molecule has 0 bridgehead atoms. The molecule has 0 unspecified atom stereocenters. The molecule has 126 valence electrons. The average molecular weight is 352 g/mol. The van der Waals surface area contributed by atoms with Gasteiger partial charge in [-0.25, -0.2) is 4.98 Å². The van der Waals surface area contributed by atoms with Gasteiger partial charge in [0.1, 0.15) is 17.0 Å². The summed E-state index contributed by atoms with van der Waals surface area (Å²) in [4.78, 5) is 30.9. The van der Waals surface area contributed by atoms with Crippen molar-refractivity contribution in [1.29, 1.82) is 0 Å². The molecule has 1 amide bonds. The smallest absolute Gasteiger partial charge is 0.268 e. The Kier molecular flexibility index (Phi) is 3.65. The number of carbonyl (C=O) groups is 1. The van der Waals surface area contributed by atoms with Gasteiger partial charge in [-0.3, -0.25) is 14.0 Å². The van der Waals surface area contributed by atoms with Crippen LogP contribution in [0.4, 0.5) is 0 Å². The van der Waals surface area contributed by atoms with Crippen molar-refractivity contribution in [2.75, 3.05) is 0 Å². The van der Waals surface area contributed by atoms with E-state index < -0.39 is 0 Å². The quantitative estimate of drug-likeness (QED) is 0.616. The first-order valence-electron chi connectivity index (χ1n) is 7.83. The Labute approximate surface area is 147 Å². The lowest BCUT2D eigenvalue weighted by molar-refractivity contribution is 0.0943. The van der Waals surface area contributed by atoms with Crippen LogP contribution in [0.1, 0.15) is 20.9 Å². The summed E-state index contributed by atoms with van der Waals surface area (Å²) in [6.45, 7) is 2.39. The minimum atomic E-state index is -0.224. The molecule has 0 spiro atoms. The maximum Gasteiger partial charge on any atom is 0.268 e. The van der Waals surface area contributed by atoms with E-state index in [0.717, 1.165) is 10.4 Å². The molecular formula is C18H16N4O2S. The molecule has 0 aromatic carbocycles. The molecule has 0 radical (unpaired) electrons. The first kappa shape index (κ1) is 15.6. The topological polar surface area (TPSA) is 68.4 Å². The van der Waals surface area contributed by atoms with Crippen molar-refractivity contribution in [3.8, 4) is 0 Å². The molecule has 4 aromatic heterocycles. The summed E-state index contributed by atoms with van der Waals surface area (Å²) in [5, 5.41) is 5.29. The molecule has 0 saturated heterocycles. The second kappa shape index (κ2) is 5.86. The predicted molar refractivity (Wildman–Crippen MR) is 98.2 cm³/mol. The Hall–Kier alpha value is -2.93. The first-order valence-corrected chi connectivity index (χ1v) is 8.71. The van der Waals surface area contributed by atoms with Gasteiger partial charge in [-0.15, -0.1) is 11.3 Å². The van der Waals surface area contributed by atoms with Crippen LogP contribution in [-0.4, -0.2) is 19.9 Å². The van der Waals surface area contributed by atoms with E-state index in [1.807, 2.05) is 30.5 Å².